The third-order valence-corrected chi connectivity index (χ3v) is 6.28. The molecule has 1 unspecified atom stereocenters. The van der Waals surface area contributed by atoms with Crippen molar-refractivity contribution < 1.29 is 4.39 Å². The van der Waals surface area contributed by atoms with E-state index in [2.05, 4.69) is 64.8 Å². The number of hydrogen-bond acceptors (Lipinski definition) is 6. The zero-order valence-corrected chi connectivity index (χ0v) is 21.9. The van der Waals surface area contributed by atoms with Gasteiger partial charge in [0.2, 0.25) is 0 Å². The summed E-state index contributed by atoms with van der Waals surface area (Å²) in [5, 5.41) is 8.69. The maximum Gasteiger partial charge on any atom is 0.163 e. The lowest BCUT2D eigenvalue weighted by molar-refractivity contribution is 0.280. The van der Waals surface area contributed by atoms with Crippen LogP contribution in [0.4, 0.5) is 10.2 Å². The van der Waals surface area contributed by atoms with E-state index in [4.69, 9.17) is 17.3 Å². The Balaban J connectivity index is 1.97. The van der Waals surface area contributed by atoms with Gasteiger partial charge in [0.15, 0.2) is 5.84 Å². The molecule has 1 aromatic heterocycles. The van der Waals surface area contributed by atoms with Crippen LogP contribution in [0, 0.1) is 0 Å². The van der Waals surface area contributed by atoms with Crippen LogP contribution in [0.3, 0.4) is 0 Å². The largest absolute Gasteiger partial charge is 0.383 e. The van der Waals surface area contributed by atoms with Gasteiger partial charge < -0.3 is 10.6 Å². The highest BCUT2D eigenvalue weighted by Gasteiger charge is 2.28. The second kappa shape index (κ2) is 13.1. The monoisotopic (exact) mass is 508 g/mol. The molecule has 190 valence electrons. The highest BCUT2D eigenvalue weighted by molar-refractivity contribution is 6.30. The molecule has 1 atom stereocenters. The number of rotatable bonds is 11. The van der Waals surface area contributed by atoms with Crippen molar-refractivity contribution in [1.29, 1.82) is 0 Å². The van der Waals surface area contributed by atoms with Crippen molar-refractivity contribution in [3.63, 3.8) is 0 Å². The molecule has 0 aliphatic carbocycles. The van der Waals surface area contributed by atoms with E-state index in [0.717, 1.165) is 42.9 Å². The third kappa shape index (κ3) is 6.68. The zero-order valence-electron chi connectivity index (χ0n) is 21.2. The van der Waals surface area contributed by atoms with Crippen LogP contribution >= 0.6 is 11.6 Å². The summed E-state index contributed by atoms with van der Waals surface area (Å²) in [4.78, 5) is 8.71. The Morgan fingerprint density at radius 3 is 2.64 bits per heavy atom. The first-order valence-corrected chi connectivity index (χ1v) is 12.5. The number of halogens is 2. The Labute approximate surface area is 218 Å². The number of pyridine rings is 1. The van der Waals surface area contributed by atoms with Crippen molar-refractivity contribution >= 4 is 29.0 Å². The van der Waals surface area contributed by atoms with Gasteiger partial charge in [0, 0.05) is 18.3 Å². The first kappa shape index (κ1) is 27.3. The molecule has 1 aliphatic rings. The standard InChI is InChI=1S/C28H34ClFN6/c1-5-8-9-26(25(29)16-30)36-18-20(4)33-34-28(36)24-15-23(17-32-27(24)31)22-12-10-21(11-13-22)19-35(7-3)14-6-2/h5,8-13,15-17,26H,1,6-7,14,18-19H2,2-4H3,(H2,31,32)/b9-8?,25-16-. The van der Waals surface area contributed by atoms with E-state index in [0.29, 0.717) is 30.1 Å². The minimum Gasteiger partial charge on any atom is -0.383 e. The van der Waals surface area contributed by atoms with Gasteiger partial charge in [0.1, 0.15) is 12.1 Å². The number of anilines is 1. The molecular weight excluding hydrogens is 475 g/mol. The van der Waals surface area contributed by atoms with Crippen LogP contribution in [0.15, 0.2) is 82.9 Å². The Morgan fingerprint density at radius 1 is 1.25 bits per heavy atom. The number of nitrogens with zero attached hydrogens (tertiary/aromatic N) is 5. The molecule has 0 fully saturated rings. The summed E-state index contributed by atoms with van der Waals surface area (Å²) in [7, 11) is 0. The number of hydrogen-bond donors (Lipinski definition) is 1. The number of amidine groups is 1. The Bertz CT molecular complexity index is 1170. The first-order chi connectivity index (χ1) is 17.4. The minimum absolute atomic E-state index is 0.0120. The van der Waals surface area contributed by atoms with E-state index in [1.54, 1.807) is 24.4 Å². The number of aromatic nitrogens is 1. The molecule has 2 N–H and O–H groups in total. The van der Waals surface area contributed by atoms with E-state index in [9.17, 15) is 4.39 Å². The Kier molecular flexibility index (Phi) is 9.96. The zero-order chi connectivity index (χ0) is 26.1. The summed E-state index contributed by atoms with van der Waals surface area (Å²) in [5.74, 6) is 0.778. The fraction of sp³-hybridized carbons (Fsp3) is 0.321. The number of nitrogens with two attached hydrogens (primary N) is 1. The van der Waals surface area contributed by atoms with Gasteiger partial charge in [-0.15, -0.1) is 5.10 Å². The molecule has 3 rings (SSSR count). The molecular formula is C28H34ClFN6. The molecule has 2 aromatic rings. The van der Waals surface area contributed by atoms with E-state index in [-0.39, 0.29) is 5.03 Å². The molecule has 0 radical (unpaired) electrons. The van der Waals surface area contributed by atoms with Crippen LogP contribution in [0.2, 0.25) is 0 Å². The van der Waals surface area contributed by atoms with Crippen LogP contribution in [0.5, 0.6) is 0 Å². The number of nitrogen functional groups attached to an aromatic ring is 1. The highest BCUT2D eigenvalue weighted by Crippen LogP contribution is 2.28. The van der Waals surface area contributed by atoms with Crippen molar-refractivity contribution in [3.05, 3.63) is 83.8 Å². The summed E-state index contributed by atoms with van der Waals surface area (Å²) in [5.41, 5.74) is 10.8. The molecule has 36 heavy (non-hydrogen) atoms. The summed E-state index contributed by atoms with van der Waals surface area (Å²) < 4.78 is 13.5. The van der Waals surface area contributed by atoms with Gasteiger partial charge >= 0.3 is 0 Å². The maximum absolute atomic E-state index is 13.5. The van der Waals surface area contributed by atoms with E-state index in [1.807, 2.05) is 17.9 Å². The van der Waals surface area contributed by atoms with Crippen LogP contribution in [0.1, 0.15) is 38.3 Å². The van der Waals surface area contributed by atoms with Crippen molar-refractivity contribution in [3.8, 4) is 11.1 Å². The minimum atomic E-state index is -0.606. The number of benzene rings is 1. The van der Waals surface area contributed by atoms with Crippen molar-refractivity contribution in [2.24, 2.45) is 10.2 Å². The smallest absolute Gasteiger partial charge is 0.163 e. The van der Waals surface area contributed by atoms with Crippen molar-refractivity contribution in [1.82, 2.24) is 14.8 Å². The normalized spacial score (nSPS) is 15.3. The molecule has 1 aliphatic heterocycles. The van der Waals surface area contributed by atoms with E-state index < -0.39 is 6.04 Å². The van der Waals surface area contributed by atoms with Gasteiger partial charge in [-0.1, -0.05) is 74.5 Å². The Morgan fingerprint density at radius 2 is 2.00 bits per heavy atom. The van der Waals surface area contributed by atoms with Crippen LogP contribution < -0.4 is 5.73 Å². The lowest BCUT2D eigenvalue weighted by Gasteiger charge is -2.34. The SMILES string of the molecule is C=CC=CC(/C(Cl)=C/F)N1CC(C)=NN=C1c1cc(-c2ccc(CN(CC)CCC)cc2)cnc1N. The summed E-state index contributed by atoms with van der Waals surface area (Å²) in [6.07, 6.45) is 8.35. The van der Waals surface area contributed by atoms with Crippen molar-refractivity contribution in [2.75, 3.05) is 25.4 Å². The van der Waals surface area contributed by atoms with Crippen LogP contribution in [-0.2, 0) is 6.54 Å². The second-order valence-electron chi connectivity index (χ2n) is 8.67. The average Bonchev–Trinajstić information content (AvgIpc) is 2.89. The highest BCUT2D eigenvalue weighted by atomic mass is 35.5. The van der Waals surface area contributed by atoms with Crippen LogP contribution in [0.25, 0.3) is 11.1 Å². The molecule has 8 heteroatoms. The molecule has 0 spiro atoms. The molecule has 6 nitrogen and oxygen atoms in total. The van der Waals surface area contributed by atoms with Gasteiger partial charge in [-0.05, 0) is 43.6 Å². The van der Waals surface area contributed by atoms with Gasteiger partial charge in [-0.25, -0.2) is 9.37 Å². The topological polar surface area (TPSA) is 70.1 Å². The molecule has 0 saturated heterocycles. The summed E-state index contributed by atoms with van der Waals surface area (Å²) >= 11 is 6.26. The molecule has 1 aromatic carbocycles. The maximum atomic E-state index is 13.5. The third-order valence-electron chi connectivity index (χ3n) is 5.98. The lowest BCUT2D eigenvalue weighted by Crippen LogP contribution is -2.45. The molecule has 0 saturated carbocycles. The van der Waals surface area contributed by atoms with E-state index in [1.165, 1.54) is 5.56 Å². The number of allylic oxidation sites excluding steroid dienone is 2. The fourth-order valence-corrected chi connectivity index (χ4v) is 4.30. The van der Waals surface area contributed by atoms with Gasteiger partial charge in [-0.2, -0.15) is 5.10 Å². The predicted molar refractivity (Wildman–Crippen MR) is 150 cm³/mol. The molecule has 2 heterocycles. The fourth-order valence-electron chi connectivity index (χ4n) is 4.11. The Hall–Kier alpha value is -3.29. The summed E-state index contributed by atoms with van der Waals surface area (Å²) in [6.45, 7) is 13.4. The van der Waals surface area contributed by atoms with Crippen molar-refractivity contribution in [2.45, 2.75) is 39.8 Å². The average molecular weight is 509 g/mol. The van der Waals surface area contributed by atoms with Gasteiger partial charge in [-0.3, -0.25) is 4.90 Å². The first-order valence-electron chi connectivity index (χ1n) is 12.1. The van der Waals surface area contributed by atoms with Gasteiger partial charge in [0.25, 0.3) is 0 Å². The summed E-state index contributed by atoms with van der Waals surface area (Å²) in [6, 6.07) is 9.80. The van der Waals surface area contributed by atoms with Gasteiger partial charge in [0.05, 0.1) is 28.9 Å². The molecule has 0 amide bonds. The van der Waals surface area contributed by atoms with E-state index >= 15 is 0 Å². The lowest BCUT2D eigenvalue weighted by atomic mass is 10.0. The predicted octanol–water partition coefficient (Wildman–Crippen LogP) is 6.16. The second-order valence-corrected chi connectivity index (χ2v) is 9.11. The quantitative estimate of drug-likeness (QED) is 0.369. The van der Waals surface area contributed by atoms with Crippen LogP contribution in [-0.4, -0.2) is 52.0 Å². The molecule has 0 bridgehead atoms.